The highest BCUT2D eigenvalue weighted by Crippen LogP contribution is 2.32. The lowest BCUT2D eigenvalue weighted by Crippen LogP contribution is -2.43. The first-order valence-electron chi connectivity index (χ1n) is 12.0. The topological polar surface area (TPSA) is 87.9 Å². The molecule has 2 aromatic heterocycles. The molecule has 0 bridgehead atoms. The number of ether oxygens (including phenoxy) is 1. The molecule has 0 saturated carbocycles. The monoisotopic (exact) mass is 517 g/mol. The minimum Gasteiger partial charge on any atom is -0.375 e. The van der Waals surface area contributed by atoms with Gasteiger partial charge in [-0.2, -0.15) is 23.3 Å². The van der Waals surface area contributed by atoms with Crippen LogP contribution in [0.4, 0.5) is 40.7 Å². The number of anilines is 3. The Hall–Kier alpha value is -3.67. The number of morpholine rings is 1. The maximum absolute atomic E-state index is 14.4. The molecule has 1 unspecified atom stereocenters. The van der Waals surface area contributed by atoms with Crippen molar-refractivity contribution in [1.29, 1.82) is 0 Å². The molecule has 1 N–H and O–H groups in total. The average Bonchev–Trinajstić information content (AvgIpc) is 2.90. The van der Waals surface area contributed by atoms with Gasteiger partial charge < -0.3 is 15.0 Å². The minimum atomic E-state index is -4.42. The van der Waals surface area contributed by atoms with E-state index in [1.807, 2.05) is 18.7 Å². The molecule has 0 aliphatic carbocycles. The standard InChI is InChI=1S/C25H27F4N7O/c1-3-19-15-36(10-11-37-19)23-20(26)14-30-24(34-23)35-31-13-18-8-9-22(21(4-2)33-18)32-17-7-5-6-16(12-17)25(27,28)29/h5-9,12,14,19,32H,3-4,10-11,13,15H2,1-2H3. The van der Waals surface area contributed by atoms with Crippen molar-refractivity contribution in [2.45, 2.75) is 45.5 Å². The number of azo groups is 1. The second kappa shape index (κ2) is 11.6. The van der Waals surface area contributed by atoms with Gasteiger partial charge in [-0.1, -0.05) is 19.9 Å². The van der Waals surface area contributed by atoms with Crippen molar-refractivity contribution >= 4 is 23.1 Å². The highest BCUT2D eigenvalue weighted by atomic mass is 19.4. The molecule has 196 valence electrons. The summed E-state index contributed by atoms with van der Waals surface area (Å²) in [5, 5.41) is 11.2. The van der Waals surface area contributed by atoms with Gasteiger partial charge in [0.1, 0.15) is 6.54 Å². The van der Waals surface area contributed by atoms with Crippen LogP contribution >= 0.6 is 0 Å². The Balaban J connectivity index is 1.44. The van der Waals surface area contributed by atoms with Gasteiger partial charge in [0, 0.05) is 18.8 Å². The number of rotatable bonds is 8. The summed E-state index contributed by atoms with van der Waals surface area (Å²) >= 11 is 0. The lowest BCUT2D eigenvalue weighted by atomic mass is 10.1. The molecule has 1 aromatic carbocycles. The van der Waals surface area contributed by atoms with E-state index in [9.17, 15) is 17.6 Å². The summed E-state index contributed by atoms with van der Waals surface area (Å²) in [5.74, 6) is -0.328. The molecular formula is C25H27F4N7O. The molecule has 8 nitrogen and oxygen atoms in total. The summed E-state index contributed by atoms with van der Waals surface area (Å²) in [7, 11) is 0. The van der Waals surface area contributed by atoms with Gasteiger partial charge >= 0.3 is 6.18 Å². The smallest absolute Gasteiger partial charge is 0.375 e. The third-order valence-corrected chi connectivity index (χ3v) is 5.84. The molecule has 0 amide bonds. The van der Waals surface area contributed by atoms with Gasteiger partial charge in [0.15, 0.2) is 11.6 Å². The normalized spacial score (nSPS) is 16.4. The average molecular weight is 518 g/mol. The van der Waals surface area contributed by atoms with Crippen LogP contribution in [0.1, 0.15) is 37.2 Å². The second-order valence-corrected chi connectivity index (χ2v) is 8.44. The Bertz CT molecular complexity index is 1250. The van der Waals surface area contributed by atoms with E-state index in [0.29, 0.717) is 48.9 Å². The Morgan fingerprint density at radius 3 is 2.76 bits per heavy atom. The molecule has 1 aliphatic rings. The van der Waals surface area contributed by atoms with E-state index in [1.54, 1.807) is 18.2 Å². The van der Waals surface area contributed by atoms with E-state index >= 15 is 0 Å². The number of pyridine rings is 1. The van der Waals surface area contributed by atoms with E-state index in [-0.39, 0.29) is 24.4 Å². The van der Waals surface area contributed by atoms with Crippen LogP contribution in [0.25, 0.3) is 0 Å². The quantitative estimate of drug-likeness (QED) is 0.281. The highest BCUT2D eigenvalue weighted by molar-refractivity contribution is 5.62. The fraction of sp³-hybridized carbons (Fsp3) is 0.400. The Labute approximate surface area is 211 Å². The van der Waals surface area contributed by atoms with Gasteiger partial charge in [0.05, 0.1) is 41.5 Å². The fourth-order valence-electron chi connectivity index (χ4n) is 3.90. The maximum atomic E-state index is 14.4. The zero-order chi connectivity index (χ0) is 26.4. The minimum absolute atomic E-state index is 0.0121. The number of nitrogens with one attached hydrogen (secondary N) is 1. The molecule has 1 saturated heterocycles. The number of aromatic nitrogens is 3. The third-order valence-electron chi connectivity index (χ3n) is 5.84. The van der Waals surface area contributed by atoms with Crippen LogP contribution in [0.3, 0.4) is 0 Å². The van der Waals surface area contributed by atoms with Crippen molar-refractivity contribution in [2.24, 2.45) is 10.2 Å². The van der Waals surface area contributed by atoms with Crippen molar-refractivity contribution in [1.82, 2.24) is 15.0 Å². The summed E-state index contributed by atoms with van der Waals surface area (Å²) in [6.45, 7) is 5.58. The Kier molecular flexibility index (Phi) is 8.27. The van der Waals surface area contributed by atoms with Gasteiger partial charge in [-0.3, -0.25) is 4.98 Å². The summed E-state index contributed by atoms with van der Waals surface area (Å²) < 4.78 is 59.1. The first-order chi connectivity index (χ1) is 17.8. The number of aryl methyl sites for hydroxylation is 1. The van der Waals surface area contributed by atoms with E-state index in [2.05, 4.69) is 30.5 Å². The van der Waals surface area contributed by atoms with Gasteiger partial charge in [0.25, 0.3) is 5.95 Å². The number of hydrogen-bond donors (Lipinski definition) is 1. The highest BCUT2D eigenvalue weighted by Gasteiger charge is 2.30. The molecule has 3 heterocycles. The van der Waals surface area contributed by atoms with Crippen LogP contribution in [0.2, 0.25) is 0 Å². The van der Waals surface area contributed by atoms with E-state index in [4.69, 9.17) is 4.74 Å². The number of halogens is 4. The van der Waals surface area contributed by atoms with Crippen molar-refractivity contribution in [3.05, 3.63) is 65.4 Å². The van der Waals surface area contributed by atoms with Crippen LogP contribution < -0.4 is 10.2 Å². The Morgan fingerprint density at radius 2 is 2.00 bits per heavy atom. The lowest BCUT2D eigenvalue weighted by Gasteiger charge is -2.33. The SMILES string of the molecule is CCc1nc(CN=Nc2ncc(F)c(N3CCOC(CC)C3)n2)ccc1Nc1cccc(C(F)(F)F)c1. The van der Waals surface area contributed by atoms with E-state index in [0.717, 1.165) is 24.8 Å². The van der Waals surface area contributed by atoms with Gasteiger partial charge in [-0.05, 0) is 43.2 Å². The molecule has 1 aliphatic heterocycles. The van der Waals surface area contributed by atoms with Crippen LogP contribution in [-0.4, -0.2) is 40.8 Å². The maximum Gasteiger partial charge on any atom is 0.416 e. The molecule has 1 atom stereocenters. The molecule has 0 spiro atoms. The Morgan fingerprint density at radius 1 is 1.16 bits per heavy atom. The van der Waals surface area contributed by atoms with Crippen LogP contribution in [-0.2, 0) is 23.9 Å². The zero-order valence-corrected chi connectivity index (χ0v) is 20.5. The molecule has 0 radical (unpaired) electrons. The number of nitrogens with zero attached hydrogens (tertiary/aromatic N) is 6. The van der Waals surface area contributed by atoms with E-state index < -0.39 is 17.6 Å². The van der Waals surface area contributed by atoms with Gasteiger partial charge in [-0.15, -0.1) is 5.11 Å². The van der Waals surface area contributed by atoms with Crippen molar-refractivity contribution in [2.75, 3.05) is 29.9 Å². The predicted octanol–water partition coefficient (Wildman–Crippen LogP) is 6.23. The summed E-state index contributed by atoms with van der Waals surface area (Å²) in [4.78, 5) is 14.5. The lowest BCUT2D eigenvalue weighted by molar-refractivity contribution is -0.137. The number of benzene rings is 1. The van der Waals surface area contributed by atoms with Crippen LogP contribution in [0, 0.1) is 5.82 Å². The first kappa shape index (κ1) is 26.4. The first-order valence-corrected chi connectivity index (χ1v) is 12.0. The van der Waals surface area contributed by atoms with Crippen molar-refractivity contribution in [3.63, 3.8) is 0 Å². The second-order valence-electron chi connectivity index (χ2n) is 8.44. The van der Waals surface area contributed by atoms with Gasteiger partial charge in [-0.25, -0.2) is 9.37 Å². The summed E-state index contributed by atoms with van der Waals surface area (Å²) in [6, 6.07) is 8.44. The largest absolute Gasteiger partial charge is 0.416 e. The number of alkyl halides is 3. The zero-order valence-electron chi connectivity index (χ0n) is 20.5. The molecular weight excluding hydrogens is 490 g/mol. The van der Waals surface area contributed by atoms with Gasteiger partial charge in [0.2, 0.25) is 0 Å². The van der Waals surface area contributed by atoms with Crippen molar-refractivity contribution < 1.29 is 22.3 Å². The number of hydrogen-bond acceptors (Lipinski definition) is 8. The summed E-state index contributed by atoms with van der Waals surface area (Å²) in [5.41, 5.74) is 1.46. The van der Waals surface area contributed by atoms with Crippen molar-refractivity contribution in [3.8, 4) is 0 Å². The predicted molar refractivity (Wildman–Crippen MR) is 131 cm³/mol. The molecule has 4 rings (SSSR count). The fourth-order valence-corrected chi connectivity index (χ4v) is 3.90. The molecule has 12 heteroatoms. The van der Waals surface area contributed by atoms with Crippen LogP contribution in [0.15, 0.2) is 52.8 Å². The molecule has 37 heavy (non-hydrogen) atoms. The molecule has 1 fully saturated rings. The summed E-state index contributed by atoms with van der Waals surface area (Å²) in [6.07, 6.45) is -1.97. The third kappa shape index (κ3) is 6.76. The van der Waals surface area contributed by atoms with E-state index in [1.165, 1.54) is 6.07 Å². The molecule has 3 aromatic rings. The van der Waals surface area contributed by atoms with Crippen LogP contribution in [0.5, 0.6) is 0 Å².